The van der Waals surface area contributed by atoms with Gasteiger partial charge in [0, 0.05) is 34.1 Å². The Morgan fingerprint density at radius 3 is 2.50 bits per heavy atom. The molecule has 0 radical (unpaired) electrons. The van der Waals surface area contributed by atoms with Crippen molar-refractivity contribution >= 4 is 32.9 Å². The summed E-state index contributed by atoms with van der Waals surface area (Å²) in [6.45, 7) is 0. The molecular formula is C15H14N4O2S. The second-order valence-corrected chi connectivity index (χ2v) is 5.65. The molecule has 22 heavy (non-hydrogen) atoms. The number of nitrogens with zero attached hydrogens (tertiary/aromatic N) is 2. The molecule has 2 N–H and O–H groups in total. The molecule has 6 nitrogen and oxygen atoms in total. The van der Waals surface area contributed by atoms with Crippen LogP contribution in [0.2, 0.25) is 0 Å². The normalized spacial score (nSPS) is 12.0. The van der Waals surface area contributed by atoms with Crippen LogP contribution >= 0.6 is 0 Å². The Hall–Kier alpha value is -2.67. The van der Waals surface area contributed by atoms with Gasteiger partial charge in [0.15, 0.2) is 0 Å². The Kier molecular flexibility index (Phi) is 3.88. The van der Waals surface area contributed by atoms with E-state index in [1.165, 1.54) is 0 Å². The minimum atomic E-state index is -2.06. The second kappa shape index (κ2) is 5.98. The maximum Gasteiger partial charge on any atom is 0.240 e. The van der Waals surface area contributed by atoms with Gasteiger partial charge in [-0.3, -0.25) is 9.76 Å². The highest BCUT2D eigenvalue weighted by Crippen LogP contribution is 2.29. The summed E-state index contributed by atoms with van der Waals surface area (Å²) in [6.07, 6.45) is 3.35. The van der Waals surface area contributed by atoms with E-state index in [1.807, 2.05) is 12.1 Å². The summed E-state index contributed by atoms with van der Waals surface area (Å²) in [6, 6.07) is 10.7. The van der Waals surface area contributed by atoms with Crippen LogP contribution in [0.1, 0.15) is 0 Å². The zero-order valence-corrected chi connectivity index (χ0v) is 12.7. The summed E-state index contributed by atoms with van der Waals surface area (Å²) in [4.78, 5) is 8.94. The van der Waals surface area contributed by atoms with Gasteiger partial charge in [-0.2, -0.15) is 0 Å². The van der Waals surface area contributed by atoms with E-state index in [4.69, 9.17) is 9.52 Å². The first kappa shape index (κ1) is 14.3. The topological polar surface area (TPSA) is 88.0 Å². The smallest absolute Gasteiger partial charge is 0.240 e. The summed E-state index contributed by atoms with van der Waals surface area (Å²) < 4.78 is 23.6. The molecule has 0 saturated carbocycles. The van der Waals surface area contributed by atoms with E-state index in [9.17, 15) is 4.21 Å². The first-order valence-corrected chi connectivity index (χ1v) is 7.78. The number of ether oxygens (including phenoxy) is 1. The maximum atomic E-state index is 11.1. The van der Waals surface area contributed by atoms with E-state index >= 15 is 0 Å². The highest BCUT2D eigenvalue weighted by atomic mass is 32.2. The van der Waals surface area contributed by atoms with Crippen molar-refractivity contribution in [2.24, 2.45) is 0 Å². The molecule has 0 saturated heterocycles. The molecule has 7 heteroatoms. The molecule has 2 aromatic heterocycles. The van der Waals surface area contributed by atoms with Crippen molar-refractivity contribution in [2.45, 2.75) is 4.90 Å². The van der Waals surface area contributed by atoms with Crippen molar-refractivity contribution in [3.8, 4) is 5.88 Å². The molecule has 3 aromatic rings. The van der Waals surface area contributed by atoms with Gasteiger partial charge < -0.3 is 10.1 Å². The molecule has 0 aliphatic carbocycles. The van der Waals surface area contributed by atoms with E-state index in [0.29, 0.717) is 16.3 Å². The number of thiol groups is 1. The number of pyridine rings is 2. The van der Waals surface area contributed by atoms with Crippen LogP contribution < -0.4 is 10.1 Å². The van der Waals surface area contributed by atoms with Gasteiger partial charge in [-0.05, 0) is 36.4 Å². The van der Waals surface area contributed by atoms with E-state index in [1.54, 1.807) is 43.8 Å². The lowest BCUT2D eigenvalue weighted by Gasteiger charge is -2.10. The highest BCUT2D eigenvalue weighted by molar-refractivity contribution is 7.73. The molecule has 0 amide bonds. The van der Waals surface area contributed by atoms with Crippen LogP contribution in [0.4, 0.5) is 11.4 Å². The number of fused-ring (bicyclic) bond motifs is 1. The number of hydrogen-bond donors (Lipinski definition) is 3. The molecule has 3 rings (SSSR count). The molecule has 0 aliphatic heterocycles. The van der Waals surface area contributed by atoms with E-state index < -0.39 is 10.6 Å². The molecule has 0 spiro atoms. The Morgan fingerprint density at radius 1 is 1.09 bits per heavy atom. The van der Waals surface area contributed by atoms with Crippen LogP contribution in [-0.2, 0) is 10.6 Å². The Balaban J connectivity index is 2.00. The molecule has 0 aliphatic rings. The minimum Gasteiger partial charge on any atom is -0.479 e. The van der Waals surface area contributed by atoms with Crippen LogP contribution in [0.15, 0.2) is 53.7 Å². The van der Waals surface area contributed by atoms with Crippen LogP contribution in [0.25, 0.3) is 10.9 Å². The van der Waals surface area contributed by atoms with Crippen molar-refractivity contribution in [1.82, 2.24) is 9.97 Å². The third-order valence-electron chi connectivity index (χ3n) is 3.20. The highest BCUT2D eigenvalue weighted by Gasteiger charge is 2.08. The number of benzene rings is 1. The Labute approximate surface area is 129 Å². The Bertz CT molecular complexity index is 884. The number of aromatic nitrogens is 2. The molecule has 0 bridgehead atoms. The summed E-state index contributed by atoms with van der Waals surface area (Å²) in [5, 5.41) is 4.18. The zero-order chi connectivity index (χ0) is 15.5. The first-order valence-electron chi connectivity index (χ1n) is 6.52. The zero-order valence-electron chi connectivity index (χ0n) is 11.8. The molecule has 1 aromatic carbocycles. The van der Waals surface area contributed by atoms with Crippen molar-refractivity contribution in [2.75, 3.05) is 12.4 Å². The third kappa shape index (κ3) is 2.71. The van der Waals surface area contributed by atoms with Crippen LogP contribution in [0.5, 0.6) is 5.88 Å². The van der Waals surface area contributed by atoms with Crippen molar-refractivity contribution < 1.29 is 8.95 Å². The number of rotatable bonds is 4. The lowest BCUT2D eigenvalue weighted by molar-refractivity contribution is 0.402. The molecule has 0 fully saturated rings. The summed E-state index contributed by atoms with van der Waals surface area (Å²) in [7, 11) is -0.505. The third-order valence-corrected chi connectivity index (χ3v) is 3.97. The van der Waals surface area contributed by atoms with Crippen molar-refractivity contribution in [3.05, 3.63) is 48.8 Å². The predicted molar refractivity (Wildman–Crippen MR) is 86.3 cm³/mol. The molecule has 1 atom stereocenters. The fourth-order valence-corrected chi connectivity index (χ4v) is 2.57. The number of hydrogen-bond acceptors (Lipinski definition) is 6. The maximum absolute atomic E-state index is 11.1. The SMILES string of the molecule is COc1nccc2c(Nc3ccc([SH](=N)=O)cc3)ccnc12. The second-order valence-electron chi connectivity index (χ2n) is 4.54. The number of anilines is 2. The predicted octanol–water partition coefficient (Wildman–Crippen LogP) is 2.98. The van der Waals surface area contributed by atoms with Gasteiger partial charge in [0.25, 0.3) is 0 Å². The van der Waals surface area contributed by atoms with Crippen molar-refractivity contribution in [3.63, 3.8) is 0 Å². The lowest BCUT2D eigenvalue weighted by atomic mass is 10.2. The van der Waals surface area contributed by atoms with Gasteiger partial charge in [-0.15, -0.1) is 0 Å². The van der Waals surface area contributed by atoms with Crippen LogP contribution in [-0.4, -0.2) is 21.3 Å². The summed E-state index contributed by atoms with van der Waals surface area (Å²) in [5.74, 6) is 0.475. The lowest BCUT2D eigenvalue weighted by Crippen LogP contribution is -1.95. The number of methoxy groups -OCH3 is 1. The quantitative estimate of drug-likeness (QED) is 0.644. The van der Waals surface area contributed by atoms with E-state index in [2.05, 4.69) is 15.3 Å². The summed E-state index contributed by atoms with van der Waals surface area (Å²) in [5.41, 5.74) is 2.39. The average molecular weight is 314 g/mol. The fourth-order valence-electron chi connectivity index (χ4n) is 2.15. The van der Waals surface area contributed by atoms with Crippen LogP contribution in [0, 0.1) is 4.78 Å². The Morgan fingerprint density at radius 2 is 1.82 bits per heavy atom. The minimum absolute atomic E-state index is 0.475. The number of nitrogens with one attached hydrogen (secondary N) is 2. The van der Waals surface area contributed by atoms with Gasteiger partial charge >= 0.3 is 0 Å². The summed E-state index contributed by atoms with van der Waals surface area (Å²) >= 11 is 0. The van der Waals surface area contributed by atoms with Gasteiger partial charge in [0.2, 0.25) is 5.88 Å². The molecule has 112 valence electrons. The van der Waals surface area contributed by atoms with Gasteiger partial charge in [0.05, 0.1) is 17.7 Å². The fraction of sp³-hybridized carbons (Fsp3) is 0.0667. The molecular weight excluding hydrogens is 300 g/mol. The largest absolute Gasteiger partial charge is 0.479 e. The van der Waals surface area contributed by atoms with E-state index in [-0.39, 0.29) is 0 Å². The monoisotopic (exact) mass is 314 g/mol. The van der Waals surface area contributed by atoms with Gasteiger partial charge in [-0.1, -0.05) is 0 Å². The van der Waals surface area contributed by atoms with Gasteiger partial charge in [-0.25, -0.2) is 9.19 Å². The van der Waals surface area contributed by atoms with Gasteiger partial charge in [0.1, 0.15) is 5.52 Å². The van der Waals surface area contributed by atoms with E-state index in [0.717, 1.165) is 16.8 Å². The molecule has 2 heterocycles. The van der Waals surface area contributed by atoms with Crippen LogP contribution in [0.3, 0.4) is 0 Å². The standard InChI is InChI=1S/C15H14N4O2S/c1-21-15-14-12(6-8-18-15)13(7-9-17-14)19-10-2-4-11(5-3-10)22(16)20/h2-9,16,22H,1H3,(H,17,19). The van der Waals surface area contributed by atoms with Crippen molar-refractivity contribution in [1.29, 1.82) is 4.78 Å². The average Bonchev–Trinajstić information content (AvgIpc) is 2.55. The molecule has 1 unspecified atom stereocenters. The first-order chi connectivity index (χ1) is 10.7.